The average molecular weight is 279 g/mol. The minimum Gasteiger partial charge on any atom is -0.302 e. The van der Waals surface area contributed by atoms with Gasteiger partial charge in [0.1, 0.15) is 0 Å². The van der Waals surface area contributed by atoms with Crippen LogP contribution in [0, 0.1) is 12.8 Å². The molecule has 1 rings (SSSR count). The molecule has 0 aromatic heterocycles. The van der Waals surface area contributed by atoms with Crippen molar-refractivity contribution in [1.29, 1.82) is 0 Å². The molecule has 0 bridgehead atoms. The zero-order valence-electron chi connectivity index (χ0n) is 11.1. The van der Waals surface area contributed by atoms with Gasteiger partial charge in [0, 0.05) is 11.5 Å². The van der Waals surface area contributed by atoms with Gasteiger partial charge in [-0.25, -0.2) is 0 Å². The molecule has 0 aliphatic heterocycles. The highest BCUT2D eigenvalue weighted by Gasteiger charge is 2.09. The number of hydrogen-bond acceptors (Lipinski definition) is 3. The highest BCUT2D eigenvalue weighted by atomic mass is 32.1. The van der Waals surface area contributed by atoms with Crippen molar-refractivity contribution in [1.82, 2.24) is 16.2 Å². The summed E-state index contributed by atoms with van der Waals surface area (Å²) < 4.78 is 0. The fourth-order valence-electron chi connectivity index (χ4n) is 1.18. The molecule has 2 amide bonds. The van der Waals surface area contributed by atoms with Crippen LogP contribution in [0.1, 0.15) is 29.8 Å². The van der Waals surface area contributed by atoms with Crippen LogP contribution in [0.15, 0.2) is 24.3 Å². The first-order valence-corrected chi connectivity index (χ1v) is 6.29. The van der Waals surface area contributed by atoms with Crippen LogP contribution in [0.4, 0.5) is 0 Å². The number of hydrazine groups is 1. The summed E-state index contributed by atoms with van der Waals surface area (Å²) in [6, 6.07) is 7.10. The van der Waals surface area contributed by atoms with Crippen LogP contribution in [0.25, 0.3) is 0 Å². The number of amides is 2. The molecule has 19 heavy (non-hydrogen) atoms. The number of aryl methyl sites for hydroxylation is 1. The number of thiocarbonyl (C=S) groups is 1. The summed E-state index contributed by atoms with van der Waals surface area (Å²) in [7, 11) is 0. The Hall–Kier alpha value is -1.95. The molecule has 0 saturated carbocycles. The van der Waals surface area contributed by atoms with Crippen LogP contribution in [0.2, 0.25) is 0 Å². The summed E-state index contributed by atoms with van der Waals surface area (Å²) >= 11 is 4.88. The highest BCUT2D eigenvalue weighted by Crippen LogP contribution is 2.02. The van der Waals surface area contributed by atoms with Crippen molar-refractivity contribution in [3.05, 3.63) is 35.4 Å². The maximum Gasteiger partial charge on any atom is 0.269 e. The van der Waals surface area contributed by atoms with Crippen LogP contribution >= 0.6 is 12.2 Å². The van der Waals surface area contributed by atoms with Gasteiger partial charge < -0.3 is 5.32 Å². The summed E-state index contributed by atoms with van der Waals surface area (Å²) in [6.45, 7) is 5.45. The van der Waals surface area contributed by atoms with E-state index in [4.69, 9.17) is 12.2 Å². The highest BCUT2D eigenvalue weighted by molar-refractivity contribution is 7.80. The van der Waals surface area contributed by atoms with Gasteiger partial charge in [-0.3, -0.25) is 20.4 Å². The van der Waals surface area contributed by atoms with Gasteiger partial charge in [0.2, 0.25) is 5.91 Å². The van der Waals surface area contributed by atoms with Crippen LogP contribution in [0.5, 0.6) is 0 Å². The van der Waals surface area contributed by atoms with Gasteiger partial charge in [-0.1, -0.05) is 31.5 Å². The maximum absolute atomic E-state index is 11.7. The van der Waals surface area contributed by atoms with Crippen molar-refractivity contribution in [3.8, 4) is 0 Å². The van der Waals surface area contributed by atoms with E-state index in [1.54, 1.807) is 26.0 Å². The summed E-state index contributed by atoms with van der Waals surface area (Å²) in [4.78, 5) is 23.1. The van der Waals surface area contributed by atoms with E-state index in [1.165, 1.54) is 0 Å². The van der Waals surface area contributed by atoms with Gasteiger partial charge in [0.25, 0.3) is 5.91 Å². The third-order valence-electron chi connectivity index (χ3n) is 2.36. The zero-order valence-corrected chi connectivity index (χ0v) is 11.9. The Morgan fingerprint density at radius 2 is 1.68 bits per heavy atom. The van der Waals surface area contributed by atoms with Crippen molar-refractivity contribution in [2.24, 2.45) is 5.92 Å². The molecule has 1 aromatic rings. The Kier molecular flexibility index (Phi) is 5.44. The number of carbonyl (C=O) groups excluding carboxylic acids is 2. The van der Waals surface area contributed by atoms with Gasteiger partial charge in [0.05, 0.1) is 0 Å². The topological polar surface area (TPSA) is 70.2 Å². The molecular formula is C13H17N3O2S. The van der Waals surface area contributed by atoms with Crippen LogP contribution in [-0.2, 0) is 4.79 Å². The molecular weight excluding hydrogens is 262 g/mol. The number of hydrogen-bond donors (Lipinski definition) is 3. The average Bonchev–Trinajstić information content (AvgIpc) is 2.36. The van der Waals surface area contributed by atoms with Gasteiger partial charge in [-0.05, 0) is 31.3 Å². The summed E-state index contributed by atoms with van der Waals surface area (Å²) in [5, 5.41) is 2.53. The van der Waals surface area contributed by atoms with E-state index in [0.29, 0.717) is 5.56 Å². The van der Waals surface area contributed by atoms with E-state index in [1.807, 2.05) is 19.1 Å². The third kappa shape index (κ3) is 5.05. The molecule has 5 nitrogen and oxygen atoms in total. The van der Waals surface area contributed by atoms with E-state index in [-0.39, 0.29) is 22.8 Å². The molecule has 6 heteroatoms. The molecule has 0 fully saturated rings. The maximum atomic E-state index is 11.7. The molecule has 102 valence electrons. The molecule has 0 atom stereocenters. The Morgan fingerprint density at radius 1 is 1.11 bits per heavy atom. The Bertz CT molecular complexity index is 483. The van der Waals surface area contributed by atoms with Gasteiger partial charge in [-0.15, -0.1) is 0 Å². The minimum absolute atomic E-state index is 0.0687. The van der Waals surface area contributed by atoms with Crippen LogP contribution < -0.4 is 16.2 Å². The molecule has 3 N–H and O–H groups in total. The largest absolute Gasteiger partial charge is 0.302 e. The van der Waals surface area contributed by atoms with Gasteiger partial charge in [-0.2, -0.15) is 0 Å². The number of nitrogens with one attached hydrogen (secondary N) is 3. The Labute approximate surface area is 117 Å². The van der Waals surface area contributed by atoms with Crippen LogP contribution in [-0.4, -0.2) is 16.9 Å². The van der Waals surface area contributed by atoms with Crippen molar-refractivity contribution in [2.45, 2.75) is 20.8 Å². The number of rotatable bonds is 2. The quantitative estimate of drug-likeness (QED) is 0.563. The van der Waals surface area contributed by atoms with E-state index >= 15 is 0 Å². The van der Waals surface area contributed by atoms with E-state index in [0.717, 1.165) is 5.56 Å². The smallest absolute Gasteiger partial charge is 0.269 e. The second-order valence-electron chi connectivity index (χ2n) is 4.42. The predicted molar refractivity (Wildman–Crippen MR) is 77.4 cm³/mol. The molecule has 1 aromatic carbocycles. The molecule has 0 heterocycles. The van der Waals surface area contributed by atoms with Crippen molar-refractivity contribution >= 4 is 29.1 Å². The standard InChI is InChI=1S/C13H17N3O2S/c1-8(2)11(17)14-13(19)16-15-12(18)10-6-4-9(3)5-7-10/h4-8H,1-3H3,(H,15,18)(H2,14,16,17,19). The fraction of sp³-hybridized carbons (Fsp3) is 0.308. The summed E-state index contributed by atoms with van der Waals surface area (Å²) in [5.74, 6) is -0.698. The predicted octanol–water partition coefficient (Wildman–Crippen LogP) is 1.29. The van der Waals surface area contributed by atoms with E-state index in [2.05, 4.69) is 16.2 Å². The Balaban J connectivity index is 2.44. The second-order valence-corrected chi connectivity index (χ2v) is 4.83. The first-order valence-electron chi connectivity index (χ1n) is 5.88. The lowest BCUT2D eigenvalue weighted by molar-refractivity contribution is -0.122. The molecule has 0 unspecified atom stereocenters. The van der Waals surface area contributed by atoms with Crippen molar-refractivity contribution in [2.75, 3.05) is 0 Å². The lowest BCUT2D eigenvalue weighted by Gasteiger charge is -2.12. The summed E-state index contributed by atoms with van der Waals surface area (Å²) in [5.41, 5.74) is 6.48. The van der Waals surface area contributed by atoms with E-state index < -0.39 is 0 Å². The zero-order chi connectivity index (χ0) is 14.4. The SMILES string of the molecule is Cc1ccc(C(=O)NNC(=S)NC(=O)C(C)C)cc1. The lowest BCUT2D eigenvalue weighted by Crippen LogP contribution is -2.49. The fourth-order valence-corrected chi connectivity index (χ4v) is 1.33. The lowest BCUT2D eigenvalue weighted by atomic mass is 10.1. The normalized spacial score (nSPS) is 9.89. The Morgan fingerprint density at radius 3 is 2.21 bits per heavy atom. The minimum atomic E-state index is -0.318. The number of carbonyl (C=O) groups is 2. The first-order chi connectivity index (χ1) is 8.90. The van der Waals surface area contributed by atoms with Crippen molar-refractivity contribution < 1.29 is 9.59 Å². The van der Waals surface area contributed by atoms with E-state index in [9.17, 15) is 9.59 Å². The monoisotopic (exact) mass is 279 g/mol. The molecule has 0 radical (unpaired) electrons. The summed E-state index contributed by atoms with van der Waals surface area (Å²) in [6.07, 6.45) is 0. The van der Waals surface area contributed by atoms with Gasteiger partial charge in [0.15, 0.2) is 5.11 Å². The second kappa shape index (κ2) is 6.84. The van der Waals surface area contributed by atoms with Crippen LogP contribution in [0.3, 0.4) is 0 Å². The third-order valence-corrected chi connectivity index (χ3v) is 2.57. The first kappa shape index (κ1) is 15.1. The van der Waals surface area contributed by atoms with Crippen molar-refractivity contribution in [3.63, 3.8) is 0 Å². The number of benzene rings is 1. The van der Waals surface area contributed by atoms with Gasteiger partial charge >= 0.3 is 0 Å². The molecule has 0 aliphatic rings. The molecule has 0 saturated heterocycles. The molecule has 0 spiro atoms. The molecule has 0 aliphatic carbocycles.